The van der Waals surface area contributed by atoms with Crippen LogP contribution in [0, 0.1) is 12.8 Å². The van der Waals surface area contributed by atoms with Gasteiger partial charge in [0.15, 0.2) is 5.96 Å². The molecule has 1 saturated heterocycles. The highest BCUT2D eigenvalue weighted by molar-refractivity contribution is 5.80. The summed E-state index contributed by atoms with van der Waals surface area (Å²) in [4.78, 5) is 18.7. The molecule has 0 atom stereocenters. The maximum absolute atomic E-state index is 12.1. The van der Waals surface area contributed by atoms with Crippen LogP contribution in [-0.4, -0.2) is 58.8 Å². The molecule has 140 valence electrons. The van der Waals surface area contributed by atoms with E-state index in [1.54, 1.807) is 0 Å². The van der Waals surface area contributed by atoms with Gasteiger partial charge in [0, 0.05) is 37.8 Å². The summed E-state index contributed by atoms with van der Waals surface area (Å²) in [7, 11) is 0. The smallest absolute Gasteiger partial charge is 0.225 e. The third-order valence-corrected chi connectivity index (χ3v) is 4.35. The third-order valence-electron chi connectivity index (χ3n) is 4.35. The lowest BCUT2D eigenvalue weighted by atomic mass is 10.0. The molecule has 2 heterocycles. The molecule has 25 heavy (non-hydrogen) atoms. The summed E-state index contributed by atoms with van der Waals surface area (Å²) in [6.07, 6.45) is 5.80. The van der Waals surface area contributed by atoms with Crippen molar-refractivity contribution in [1.29, 1.82) is 0 Å². The zero-order chi connectivity index (χ0) is 18.2. The Morgan fingerprint density at radius 3 is 2.68 bits per heavy atom. The van der Waals surface area contributed by atoms with Crippen LogP contribution in [0.25, 0.3) is 0 Å². The average Bonchev–Trinajstić information content (AvgIpc) is 3.00. The molecule has 0 bridgehead atoms. The largest absolute Gasteiger partial charge is 0.357 e. The number of carbonyl (C=O) groups is 1. The summed E-state index contributed by atoms with van der Waals surface area (Å²) in [5, 5.41) is 11.1. The molecule has 1 aromatic heterocycles. The number of amides is 1. The molecule has 0 aromatic carbocycles. The predicted molar refractivity (Wildman–Crippen MR) is 101 cm³/mol. The van der Waals surface area contributed by atoms with Gasteiger partial charge in [-0.25, -0.2) is 0 Å². The molecular weight excluding hydrogens is 316 g/mol. The summed E-state index contributed by atoms with van der Waals surface area (Å²) < 4.78 is 1.92. The molecule has 0 aliphatic carbocycles. The van der Waals surface area contributed by atoms with Gasteiger partial charge in [0.05, 0.1) is 19.3 Å². The number of aromatic nitrogens is 2. The summed E-state index contributed by atoms with van der Waals surface area (Å²) in [5.74, 6) is 1.18. The number of guanidine groups is 1. The number of aryl methyl sites for hydroxylation is 1. The van der Waals surface area contributed by atoms with E-state index >= 15 is 0 Å². The molecule has 0 unspecified atom stereocenters. The first-order valence-corrected chi connectivity index (χ1v) is 9.32. The highest BCUT2D eigenvalue weighted by atomic mass is 16.2. The average molecular weight is 348 g/mol. The number of hydrogen-bond acceptors (Lipinski definition) is 3. The van der Waals surface area contributed by atoms with E-state index in [9.17, 15) is 4.79 Å². The van der Waals surface area contributed by atoms with Gasteiger partial charge in [0.2, 0.25) is 5.91 Å². The predicted octanol–water partition coefficient (Wildman–Crippen LogP) is 1.39. The van der Waals surface area contributed by atoms with Gasteiger partial charge in [-0.05, 0) is 32.3 Å². The van der Waals surface area contributed by atoms with Crippen molar-refractivity contribution in [2.24, 2.45) is 10.9 Å². The van der Waals surface area contributed by atoms with Crippen molar-refractivity contribution >= 4 is 11.9 Å². The normalized spacial score (nSPS) is 16.4. The number of hydrogen-bond donors (Lipinski definition) is 2. The van der Waals surface area contributed by atoms with Gasteiger partial charge in [0.1, 0.15) is 0 Å². The Kier molecular flexibility index (Phi) is 7.28. The lowest BCUT2D eigenvalue weighted by Crippen LogP contribution is -2.50. The Labute approximate surface area is 150 Å². The fourth-order valence-corrected chi connectivity index (χ4v) is 2.98. The summed E-state index contributed by atoms with van der Waals surface area (Å²) in [6.45, 7) is 12.0. The SMILES string of the molecule is CCNC(=NCCn1cc(C)cn1)NC1CCN(C(=O)C(C)C)CC1. The van der Waals surface area contributed by atoms with E-state index in [2.05, 4.69) is 27.6 Å². The second-order valence-electron chi connectivity index (χ2n) is 6.94. The topological polar surface area (TPSA) is 74.6 Å². The minimum Gasteiger partial charge on any atom is -0.357 e. The summed E-state index contributed by atoms with van der Waals surface area (Å²) in [6, 6.07) is 0.362. The van der Waals surface area contributed by atoms with E-state index in [1.807, 2.05) is 42.7 Å². The van der Waals surface area contributed by atoms with E-state index in [-0.39, 0.29) is 11.8 Å². The van der Waals surface area contributed by atoms with Crippen LogP contribution in [0.5, 0.6) is 0 Å². The van der Waals surface area contributed by atoms with E-state index in [4.69, 9.17) is 0 Å². The van der Waals surface area contributed by atoms with Crippen LogP contribution in [-0.2, 0) is 11.3 Å². The monoisotopic (exact) mass is 348 g/mol. The van der Waals surface area contributed by atoms with Crippen LogP contribution in [0.15, 0.2) is 17.4 Å². The van der Waals surface area contributed by atoms with Crippen LogP contribution >= 0.6 is 0 Å². The van der Waals surface area contributed by atoms with Crippen LogP contribution in [0.2, 0.25) is 0 Å². The van der Waals surface area contributed by atoms with E-state index in [0.717, 1.165) is 50.5 Å². The number of piperidine rings is 1. The molecule has 1 fully saturated rings. The van der Waals surface area contributed by atoms with Crippen LogP contribution in [0.4, 0.5) is 0 Å². The second-order valence-corrected chi connectivity index (χ2v) is 6.94. The fourth-order valence-electron chi connectivity index (χ4n) is 2.98. The molecule has 1 aromatic rings. The molecule has 2 N–H and O–H groups in total. The zero-order valence-electron chi connectivity index (χ0n) is 16.0. The summed E-state index contributed by atoms with van der Waals surface area (Å²) in [5.41, 5.74) is 1.16. The Balaban J connectivity index is 1.80. The minimum absolute atomic E-state index is 0.0781. The van der Waals surface area contributed by atoms with Crippen molar-refractivity contribution in [3.63, 3.8) is 0 Å². The standard InChI is InChI=1S/C18H32N6O/c1-5-19-18(20-8-11-24-13-15(4)12-21-24)22-16-6-9-23(10-7-16)17(25)14(2)3/h12-14,16H,5-11H2,1-4H3,(H2,19,20,22). The van der Waals surface area contributed by atoms with Crippen LogP contribution < -0.4 is 10.6 Å². The van der Waals surface area contributed by atoms with Gasteiger partial charge in [-0.3, -0.25) is 14.5 Å². The minimum atomic E-state index is 0.0781. The number of likely N-dealkylation sites (tertiary alicyclic amines) is 1. The lowest BCUT2D eigenvalue weighted by molar-refractivity contribution is -0.135. The number of carbonyl (C=O) groups excluding carboxylic acids is 1. The quantitative estimate of drug-likeness (QED) is 0.602. The van der Waals surface area contributed by atoms with Crippen molar-refractivity contribution in [3.05, 3.63) is 18.0 Å². The van der Waals surface area contributed by atoms with Gasteiger partial charge in [-0.15, -0.1) is 0 Å². The van der Waals surface area contributed by atoms with Crippen LogP contribution in [0.1, 0.15) is 39.2 Å². The van der Waals surface area contributed by atoms with Gasteiger partial charge in [0.25, 0.3) is 0 Å². The summed E-state index contributed by atoms with van der Waals surface area (Å²) >= 11 is 0. The molecule has 1 amide bonds. The molecule has 0 saturated carbocycles. The highest BCUT2D eigenvalue weighted by Crippen LogP contribution is 2.13. The third kappa shape index (κ3) is 6.07. The van der Waals surface area contributed by atoms with Crippen molar-refractivity contribution in [1.82, 2.24) is 25.3 Å². The number of nitrogens with zero attached hydrogens (tertiary/aromatic N) is 4. The van der Waals surface area contributed by atoms with Crippen molar-refractivity contribution in [2.45, 2.75) is 53.1 Å². The van der Waals surface area contributed by atoms with Crippen molar-refractivity contribution in [3.8, 4) is 0 Å². The lowest BCUT2D eigenvalue weighted by Gasteiger charge is -2.34. The maximum atomic E-state index is 12.1. The number of nitrogens with one attached hydrogen (secondary N) is 2. The maximum Gasteiger partial charge on any atom is 0.225 e. The van der Waals surface area contributed by atoms with Crippen molar-refractivity contribution < 1.29 is 4.79 Å². The zero-order valence-corrected chi connectivity index (χ0v) is 16.0. The van der Waals surface area contributed by atoms with E-state index in [0.29, 0.717) is 12.6 Å². The Hall–Kier alpha value is -2.05. The molecule has 1 aliphatic heterocycles. The molecule has 0 radical (unpaired) electrons. The molecule has 7 nitrogen and oxygen atoms in total. The highest BCUT2D eigenvalue weighted by Gasteiger charge is 2.24. The number of rotatable bonds is 6. The van der Waals surface area contributed by atoms with Gasteiger partial charge < -0.3 is 15.5 Å². The first-order chi connectivity index (χ1) is 12.0. The Morgan fingerprint density at radius 1 is 1.40 bits per heavy atom. The number of aliphatic imine (C=N–C) groups is 1. The second kappa shape index (κ2) is 9.44. The van der Waals surface area contributed by atoms with Gasteiger partial charge in [-0.1, -0.05) is 13.8 Å². The van der Waals surface area contributed by atoms with Crippen molar-refractivity contribution in [2.75, 3.05) is 26.2 Å². The molecule has 0 spiro atoms. The van der Waals surface area contributed by atoms with Crippen LogP contribution in [0.3, 0.4) is 0 Å². The van der Waals surface area contributed by atoms with Gasteiger partial charge in [-0.2, -0.15) is 5.10 Å². The van der Waals surface area contributed by atoms with E-state index < -0.39 is 0 Å². The molecule has 1 aliphatic rings. The van der Waals surface area contributed by atoms with E-state index in [1.165, 1.54) is 0 Å². The first kappa shape index (κ1) is 19.3. The van der Waals surface area contributed by atoms with Gasteiger partial charge >= 0.3 is 0 Å². The Bertz CT molecular complexity index is 572. The molecular formula is C18H32N6O. The fraction of sp³-hybridized carbons (Fsp3) is 0.722. The molecule has 2 rings (SSSR count). The first-order valence-electron chi connectivity index (χ1n) is 9.32. The molecule has 7 heteroatoms. The Morgan fingerprint density at radius 2 is 2.12 bits per heavy atom.